The molecule has 0 radical (unpaired) electrons. The first kappa shape index (κ1) is 19.5. The molecule has 0 amide bonds. The van der Waals surface area contributed by atoms with Crippen LogP contribution >= 0.6 is 0 Å². The molecule has 0 aromatic heterocycles. The Morgan fingerprint density at radius 3 is 1.53 bits per heavy atom. The molecule has 0 atom stereocenters. The van der Waals surface area contributed by atoms with Gasteiger partial charge in [-0.25, -0.2) is 4.99 Å². The van der Waals surface area contributed by atoms with Gasteiger partial charge in [0, 0.05) is 19.6 Å². The van der Waals surface area contributed by atoms with Gasteiger partial charge in [0.05, 0.1) is 19.6 Å². The maximum absolute atomic E-state index is 4.77. The van der Waals surface area contributed by atoms with Gasteiger partial charge in [-0.1, -0.05) is 0 Å². The molecule has 3 nitrogen and oxygen atoms in total. The highest BCUT2D eigenvalue weighted by Gasteiger charge is 2.32. The van der Waals surface area contributed by atoms with Crippen molar-refractivity contribution in [2.24, 2.45) is 4.99 Å². The lowest BCUT2D eigenvalue weighted by molar-refractivity contribution is -0.841. The maximum atomic E-state index is 4.77. The highest BCUT2D eigenvalue weighted by atomic mass is 127. The van der Waals surface area contributed by atoms with Crippen molar-refractivity contribution in [1.82, 2.24) is 4.90 Å². The van der Waals surface area contributed by atoms with Gasteiger partial charge in [-0.15, -0.1) is 0 Å². The largest absolute Gasteiger partial charge is 1.00 e. The molecule has 0 rings (SSSR count). The lowest BCUT2D eigenvalue weighted by atomic mass is 10.3. The fourth-order valence-corrected chi connectivity index (χ4v) is 2.29. The summed E-state index contributed by atoms with van der Waals surface area (Å²) in [4.78, 5) is 7.17. The first-order chi connectivity index (χ1) is 7.65. The second-order valence-electron chi connectivity index (χ2n) is 4.04. The van der Waals surface area contributed by atoms with Crippen LogP contribution in [0.1, 0.15) is 41.5 Å². The normalized spacial score (nSPS) is 12.2. The molecule has 4 heteroatoms. The van der Waals surface area contributed by atoms with E-state index in [1.165, 1.54) is 5.96 Å². The molecule has 0 unspecified atom stereocenters. The van der Waals surface area contributed by atoms with E-state index in [4.69, 9.17) is 4.99 Å². The van der Waals surface area contributed by atoms with Crippen LogP contribution in [0.3, 0.4) is 0 Å². The molecule has 0 aliphatic carbocycles. The van der Waals surface area contributed by atoms with Gasteiger partial charge in [0.25, 0.3) is 5.96 Å². The van der Waals surface area contributed by atoms with E-state index in [0.717, 1.165) is 43.8 Å². The zero-order valence-corrected chi connectivity index (χ0v) is 14.6. The van der Waals surface area contributed by atoms with E-state index in [1.807, 2.05) is 0 Å². The van der Waals surface area contributed by atoms with Crippen LogP contribution in [-0.2, 0) is 0 Å². The van der Waals surface area contributed by atoms with E-state index in [1.54, 1.807) is 0 Å². The van der Waals surface area contributed by atoms with E-state index in [9.17, 15) is 0 Å². The lowest BCUT2D eigenvalue weighted by Crippen LogP contribution is -3.00. The molecule has 0 aliphatic rings. The molecule has 0 aliphatic heterocycles. The first-order valence-electron chi connectivity index (χ1n) is 6.81. The van der Waals surface area contributed by atoms with Crippen LogP contribution in [0, 0.1) is 0 Å². The number of halogens is 1. The Bertz CT molecular complexity index is 200. The Hall–Kier alpha value is 0.160. The summed E-state index contributed by atoms with van der Waals surface area (Å²) in [7, 11) is 0. The first-order valence-corrected chi connectivity index (χ1v) is 6.81. The van der Waals surface area contributed by atoms with Gasteiger partial charge >= 0.3 is 0 Å². The third-order valence-corrected chi connectivity index (χ3v) is 3.59. The third-order valence-electron chi connectivity index (χ3n) is 3.59. The summed E-state index contributed by atoms with van der Waals surface area (Å²) < 4.78 is 1.01. The Morgan fingerprint density at radius 1 is 0.882 bits per heavy atom. The number of hydrogen-bond acceptors (Lipinski definition) is 1. The van der Waals surface area contributed by atoms with Crippen LogP contribution in [0.2, 0.25) is 0 Å². The Kier molecular flexibility index (Phi) is 11.6. The van der Waals surface area contributed by atoms with E-state index in [0.29, 0.717) is 0 Å². The van der Waals surface area contributed by atoms with Crippen LogP contribution in [0.25, 0.3) is 0 Å². The van der Waals surface area contributed by atoms with Gasteiger partial charge in [-0.05, 0) is 41.5 Å². The average molecular weight is 355 g/mol. The molecule has 0 saturated carbocycles. The van der Waals surface area contributed by atoms with Crippen LogP contribution in [-0.4, -0.2) is 54.6 Å². The topological polar surface area (TPSA) is 15.6 Å². The molecule has 0 bridgehead atoms. The highest BCUT2D eigenvalue weighted by Crippen LogP contribution is 2.12. The number of nitrogens with zero attached hydrogens (tertiary/aromatic N) is 3. The fourth-order valence-electron chi connectivity index (χ4n) is 2.29. The predicted molar refractivity (Wildman–Crippen MR) is 72.8 cm³/mol. The van der Waals surface area contributed by atoms with Gasteiger partial charge < -0.3 is 28.9 Å². The standard InChI is InChI=1S/C13H30N3.HI/c1-7-14-13(15(8-2)9-3)16(10-4,11-5)12-6;/h7-12H2,1-6H3;1H/q+1;/p-1. The van der Waals surface area contributed by atoms with Crippen LogP contribution in [0.15, 0.2) is 4.99 Å². The van der Waals surface area contributed by atoms with Crippen molar-refractivity contribution in [1.29, 1.82) is 0 Å². The summed E-state index contributed by atoms with van der Waals surface area (Å²) in [6, 6.07) is 0. The number of aliphatic imine (C=N–C) groups is 1. The minimum absolute atomic E-state index is 0. The van der Waals surface area contributed by atoms with E-state index in [2.05, 4.69) is 46.4 Å². The fraction of sp³-hybridized carbons (Fsp3) is 0.923. The number of rotatable bonds is 6. The molecule has 0 heterocycles. The van der Waals surface area contributed by atoms with E-state index in [-0.39, 0.29) is 24.0 Å². The number of quaternary nitrogens is 1. The van der Waals surface area contributed by atoms with Crippen molar-refractivity contribution in [2.75, 3.05) is 39.3 Å². The summed E-state index contributed by atoms with van der Waals surface area (Å²) in [5.74, 6) is 1.28. The predicted octanol–water partition coefficient (Wildman–Crippen LogP) is -0.415. The Morgan fingerprint density at radius 2 is 1.29 bits per heavy atom. The zero-order chi connectivity index (χ0) is 12.6. The maximum Gasteiger partial charge on any atom is 0.300 e. The van der Waals surface area contributed by atoms with Crippen molar-refractivity contribution < 1.29 is 28.5 Å². The van der Waals surface area contributed by atoms with Crippen LogP contribution < -0.4 is 24.0 Å². The minimum Gasteiger partial charge on any atom is -1.00 e. The van der Waals surface area contributed by atoms with Gasteiger partial charge in [0.2, 0.25) is 0 Å². The van der Waals surface area contributed by atoms with E-state index >= 15 is 0 Å². The molecule has 0 saturated heterocycles. The third kappa shape index (κ3) is 4.73. The molecular weight excluding hydrogens is 325 g/mol. The zero-order valence-electron chi connectivity index (χ0n) is 12.5. The molecule has 0 fully saturated rings. The van der Waals surface area contributed by atoms with Gasteiger partial charge in [-0.2, -0.15) is 0 Å². The molecule has 104 valence electrons. The minimum atomic E-state index is 0. The van der Waals surface area contributed by atoms with Crippen molar-refractivity contribution in [3.63, 3.8) is 0 Å². The monoisotopic (exact) mass is 355 g/mol. The second kappa shape index (κ2) is 10.1. The summed E-state index contributed by atoms with van der Waals surface area (Å²) in [5.41, 5.74) is 0. The molecule has 0 aromatic rings. The molecule has 17 heavy (non-hydrogen) atoms. The van der Waals surface area contributed by atoms with Gasteiger partial charge in [0.15, 0.2) is 0 Å². The lowest BCUT2D eigenvalue weighted by Gasteiger charge is -2.39. The number of guanidine groups is 1. The highest BCUT2D eigenvalue weighted by molar-refractivity contribution is 5.73. The van der Waals surface area contributed by atoms with Gasteiger partial charge in [0.1, 0.15) is 0 Å². The Balaban J connectivity index is 0. The van der Waals surface area contributed by atoms with Crippen molar-refractivity contribution in [3.8, 4) is 0 Å². The van der Waals surface area contributed by atoms with Crippen LogP contribution in [0.5, 0.6) is 0 Å². The number of hydrogen-bond donors (Lipinski definition) is 0. The molecule has 0 aromatic carbocycles. The summed E-state index contributed by atoms with van der Waals surface area (Å²) in [5, 5.41) is 0. The van der Waals surface area contributed by atoms with Crippen molar-refractivity contribution in [3.05, 3.63) is 0 Å². The molecule has 0 spiro atoms. The Labute approximate surface area is 125 Å². The SMILES string of the molecule is CCN=C(N(CC)CC)[N+](CC)(CC)CC.[I-]. The van der Waals surface area contributed by atoms with Crippen molar-refractivity contribution in [2.45, 2.75) is 41.5 Å². The molecular formula is C13H30IN3. The summed E-state index contributed by atoms with van der Waals surface area (Å²) in [6.45, 7) is 19.7. The van der Waals surface area contributed by atoms with Crippen LogP contribution in [0.4, 0.5) is 0 Å². The second-order valence-corrected chi connectivity index (χ2v) is 4.04. The molecule has 0 N–H and O–H groups in total. The van der Waals surface area contributed by atoms with Gasteiger partial charge in [-0.3, -0.25) is 4.48 Å². The summed E-state index contributed by atoms with van der Waals surface area (Å²) >= 11 is 0. The smallest absolute Gasteiger partial charge is 0.300 e. The quantitative estimate of drug-likeness (QED) is 0.274. The van der Waals surface area contributed by atoms with Crippen molar-refractivity contribution >= 4 is 5.96 Å². The van der Waals surface area contributed by atoms with E-state index < -0.39 is 0 Å². The summed E-state index contributed by atoms with van der Waals surface area (Å²) in [6.07, 6.45) is 0. The average Bonchev–Trinajstić information content (AvgIpc) is 2.33.